The fraction of sp³-hybridized carbons (Fsp3) is 0.600. The molecular weight excluding hydrogens is 572 g/mol. The highest BCUT2D eigenvalue weighted by Crippen LogP contribution is 2.67. The summed E-state index contributed by atoms with van der Waals surface area (Å²) in [4.78, 5) is 52.7. The van der Waals surface area contributed by atoms with Gasteiger partial charge in [0.1, 0.15) is 12.4 Å². The normalized spacial score (nSPS) is 34.6. The molecule has 41 heavy (non-hydrogen) atoms. The van der Waals surface area contributed by atoms with E-state index in [2.05, 4.69) is 6.92 Å². The molecule has 3 fully saturated rings. The third kappa shape index (κ3) is 4.85. The van der Waals surface area contributed by atoms with E-state index >= 15 is 0 Å². The van der Waals surface area contributed by atoms with E-state index in [9.17, 15) is 27.6 Å². The number of rotatable bonds is 7. The van der Waals surface area contributed by atoms with E-state index in [1.165, 1.54) is 24.3 Å². The molecule has 0 spiro atoms. The number of hydrogen-bond donors (Lipinski definition) is 0. The molecule has 222 valence electrons. The van der Waals surface area contributed by atoms with Crippen molar-refractivity contribution in [1.29, 1.82) is 0 Å². The number of fused-ring (bicyclic) bond motifs is 5. The van der Waals surface area contributed by atoms with Crippen LogP contribution in [0, 0.1) is 28.6 Å². The van der Waals surface area contributed by atoms with Gasteiger partial charge in [-0.1, -0.05) is 31.0 Å². The van der Waals surface area contributed by atoms with Crippen molar-refractivity contribution in [2.24, 2.45) is 28.6 Å². The number of allylic oxidation sites excluding steroid dienone is 1. The smallest absolute Gasteiger partial charge is 0.435 e. The molecule has 5 rings (SSSR count). The summed E-state index contributed by atoms with van der Waals surface area (Å²) in [6, 6.07) is 5.33. The van der Waals surface area contributed by atoms with Gasteiger partial charge in [0.15, 0.2) is 11.4 Å². The van der Waals surface area contributed by atoms with Gasteiger partial charge in [0.05, 0.1) is 11.5 Å². The molecule has 0 aromatic heterocycles. The molecule has 0 saturated heterocycles. The number of carbonyl (C=O) groups is 4. The van der Waals surface area contributed by atoms with E-state index < -0.39 is 45.1 Å². The Hall–Kier alpha value is -2.56. The van der Waals surface area contributed by atoms with Crippen molar-refractivity contribution < 1.29 is 41.3 Å². The number of Topliss-reactive ketones (excluding diaryl/α,β-unsaturated/α-hetero) is 2. The topological polar surface area (TPSA) is 130 Å². The molecule has 6 atom stereocenters. The zero-order valence-corrected chi connectivity index (χ0v) is 25.0. The predicted octanol–water partition coefficient (Wildman–Crippen LogP) is 5.24. The summed E-state index contributed by atoms with van der Waals surface area (Å²) in [6.45, 7) is 4.61. The molecule has 9 nitrogen and oxygen atoms in total. The standard InChI is InChI=1S/C30H35ClO9S/c1-4-38-27(35)40-30(25(34)17-39-41(36,37)21-8-6-19(31)7-9-21)14-12-23-22-10-5-18-15-20(32)11-13-28(18,2)26(22)24(33)16-29(23,30)3/h6-9,15,22-23,26H,4-5,10-14,16-17H2,1-3H3/t22-,23-,26+,28-,29-,30-/m0/s1. The molecular formula is C30H35ClO9S. The second-order valence-corrected chi connectivity index (χ2v) is 14.2. The van der Waals surface area contributed by atoms with Crippen molar-refractivity contribution in [3.8, 4) is 0 Å². The van der Waals surface area contributed by atoms with Crippen LogP contribution in [0.15, 0.2) is 40.8 Å². The molecule has 0 amide bonds. The molecule has 1 aromatic rings. The van der Waals surface area contributed by atoms with Crippen LogP contribution in [0.25, 0.3) is 0 Å². The largest absolute Gasteiger partial charge is 0.509 e. The lowest BCUT2D eigenvalue weighted by molar-refractivity contribution is -0.174. The molecule has 4 aliphatic carbocycles. The average Bonchev–Trinajstić information content (AvgIpc) is 3.20. The zero-order chi connectivity index (χ0) is 29.8. The maximum atomic E-state index is 14.0. The molecule has 11 heteroatoms. The van der Waals surface area contributed by atoms with Gasteiger partial charge in [0, 0.05) is 29.2 Å². The number of halogens is 1. The summed E-state index contributed by atoms with van der Waals surface area (Å²) in [5, 5.41) is 0.339. The van der Waals surface area contributed by atoms with E-state index in [1.54, 1.807) is 19.9 Å². The highest BCUT2D eigenvalue weighted by molar-refractivity contribution is 7.86. The Labute approximate surface area is 245 Å². The van der Waals surface area contributed by atoms with E-state index in [0.717, 1.165) is 5.57 Å². The van der Waals surface area contributed by atoms with Crippen molar-refractivity contribution in [2.75, 3.05) is 13.2 Å². The Morgan fingerprint density at radius 3 is 2.44 bits per heavy atom. The number of carbonyl (C=O) groups excluding carboxylic acids is 4. The van der Waals surface area contributed by atoms with Crippen molar-refractivity contribution in [1.82, 2.24) is 0 Å². The molecule has 0 N–H and O–H groups in total. The average molecular weight is 607 g/mol. The summed E-state index contributed by atoms with van der Waals surface area (Å²) >= 11 is 5.87. The first-order chi connectivity index (χ1) is 19.3. The molecule has 3 saturated carbocycles. The minimum atomic E-state index is -4.32. The number of ether oxygens (including phenoxy) is 2. The maximum absolute atomic E-state index is 14.0. The lowest BCUT2D eigenvalue weighted by Gasteiger charge is -2.57. The maximum Gasteiger partial charge on any atom is 0.509 e. The Morgan fingerprint density at radius 1 is 1.05 bits per heavy atom. The van der Waals surface area contributed by atoms with Gasteiger partial charge in [0.25, 0.3) is 10.1 Å². The Morgan fingerprint density at radius 2 is 1.76 bits per heavy atom. The molecule has 0 heterocycles. The summed E-state index contributed by atoms with van der Waals surface area (Å²) in [5.74, 6) is -1.19. The Kier molecular flexibility index (Phi) is 7.74. The molecule has 0 aliphatic heterocycles. The third-order valence-corrected chi connectivity index (χ3v) is 11.7. The fourth-order valence-corrected chi connectivity index (χ4v) is 9.25. The van der Waals surface area contributed by atoms with Crippen LogP contribution in [0.5, 0.6) is 0 Å². The monoisotopic (exact) mass is 606 g/mol. The molecule has 0 bridgehead atoms. The molecule has 0 unspecified atom stereocenters. The first kappa shape index (κ1) is 29.9. The van der Waals surface area contributed by atoms with E-state index in [-0.39, 0.29) is 53.7 Å². The van der Waals surface area contributed by atoms with Crippen LogP contribution in [0.4, 0.5) is 4.79 Å². The van der Waals surface area contributed by atoms with Gasteiger partial charge >= 0.3 is 6.16 Å². The lowest BCUT2D eigenvalue weighted by Crippen LogP contribution is -2.62. The van der Waals surface area contributed by atoms with Crippen LogP contribution in [0.2, 0.25) is 5.02 Å². The van der Waals surface area contributed by atoms with Crippen LogP contribution in [-0.2, 0) is 38.2 Å². The minimum absolute atomic E-state index is 0.0144. The van der Waals surface area contributed by atoms with Crippen LogP contribution >= 0.6 is 11.6 Å². The van der Waals surface area contributed by atoms with Crippen molar-refractivity contribution in [3.05, 3.63) is 40.9 Å². The summed E-state index contributed by atoms with van der Waals surface area (Å²) in [7, 11) is -4.32. The molecule has 0 radical (unpaired) electrons. The number of hydrogen-bond acceptors (Lipinski definition) is 9. The second-order valence-electron chi connectivity index (χ2n) is 12.1. The van der Waals surface area contributed by atoms with Crippen LogP contribution in [0.3, 0.4) is 0 Å². The van der Waals surface area contributed by atoms with Crippen molar-refractivity contribution >= 4 is 45.2 Å². The summed E-state index contributed by atoms with van der Waals surface area (Å²) in [6.07, 6.45) is 3.63. The van der Waals surface area contributed by atoms with Crippen molar-refractivity contribution in [3.63, 3.8) is 0 Å². The van der Waals surface area contributed by atoms with Crippen LogP contribution in [-0.4, -0.2) is 50.7 Å². The SMILES string of the molecule is CCOC(=O)O[C@]1(C(=O)COS(=O)(=O)c2ccc(Cl)cc2)CC[C@H]2[C@@H]3CCC4=CC(=O)CC[C@]4(C)[C@H]3C(=O)C[C@@]21C. The van der Waals surface area contributed by atoms with Gasteiger partial charge < -0.3 is 9.47 Å². The van der Waals surface area contributed by atoms with Gasteiger partial charge in [-0.2, -0.15) is 8.42 Å². The fourth-order valence-electron chi connectivity index (χ4n) is 8.26. The van der Waals surface area contributed by atoms with Gasteiger partial charge in [-0.25, -0.2) is 4.79 Å². The van der Waals surface area contributed by atoms with Gasteiger partial charge in [0.2, 0.25) is 5.78 Å². The van der Waals surface area contributed by atoms with Gasteiger partial charge in [-0.15, -0.1) is 0 Å². The minimum Gasteiger partial charge on any atom is -0.435 e. The zero-order valence-electron chi connectivity index (χ0n) is 23.4. The quantitative estimate of drug-likeness (QED) is 0.302. The summed E-state index contributed by atoms with van der Waals surface area (Å²) in [5.41, 5.74) is -2.30. The van der Waals surface area contributed by atoms with Crippen molar-refractivity contribution in [2.45, 2.75) is 76.2 Å². The van der Waals surface area contributed by atoms with Gasteiger partial charge in [-0.3, -0.25) is 18.6 Å². The van der Waals surface area contributed by atoms with E-state index in [0.29, 0.717) is 37.1 Å². The van der Waals surface area contributed by atoms with Gasteiger partial charge in [-0.05, 0) is 86.6 Å². The third-order valence-electron chi connectivity index (χ3n) is 10.2. The highest BCUT2D eigenvalue weighted by atomic mass is 35.5. The summed E-state index contributed by atoms with van der Waals surface area (Å²) < 4.78 is 41.8. The first-order valence-corrected chi connectivity index (χ1v) is 15.9. The number of ketones is 3. The van der Waals surface area contributed by atoms with E-state index in [4.69, 9.17) is 25.3 Å². The highest BCUT2D eigenvalue weighted by Gasteiger charge is 2.71. The Bertz CT molecular complexity index is 1420. The van der Waals surface area contributed by atoms with Crippen LogP contribution in [0.1, 0.15) is 65.7 Å². The molecule has 1 aromatic carbocycles. The second kappa shape index (κ2) is 10.6. The Balaban J connectivity index is 1.47. The number of benzene rings is 1. The van der Waals surface area contributed by atoms with E-state index in [1.807, 2.05) is 0 Å². The van der Waals surface area contributed by atoms with Crippen LogP contribution < -0.4 is 0 Å². The molecule has 4 aliphatic rings. The predicted molar refractivity (Wildman–Crippen MR) is 148 cm³/mol. The lowest BCUT2D eigenvalue weighted by atomic mass is 9.46. The first-order valence-electron chi connectivity index (χ1n) is 14.1.